The predicted octanol–water partition coefficient (Wildman–Crippen LogP) is 0.583. The Bertz CT molecular complexity index is 700. The first kappa shape index (κ1) is 14.4. The van der Waals surface area contributed by atoms with Crippen molar-refractivity contribution in [1.82, 2.24) is 19.3 Å². The maximum Gasteiger partial charge on any atom is 0.246 e. The molecule has 0 aliphatic heterocycles. The van der Waals surface area contributed by atoms with E-state index in [1.165, 1.54) is 23.7 Å². The second-order valence-corrected chi connectivity index (χ2v) is 6.35. The number of nitrogens with two attached hydrogens (primary N) is 1. The standard InChI is InChI=1S/C12H15N5O2S/c1-9-4-3-5-10(16-9)8-17(2)20(18,19)11-6-14-12(13)15-7-11/h3-7H,8H2,1-2H3,(H2,13,14,15). The molecular formula is C12H15N5O2S. The molecule has 0 atom stereocenters. The van der Waals surface area contributed by atoms with E-state index in [-0.39, 0.29) is 17.4 Å². The molecular weight excluding hydrogens is 278 g/mol. The smallest absolute Gasteiger partial charge is 0.246 e. The first-order valence-corrected chi connectivity index (χ1v) is 7.30. The molecule has 2 aromatic heterocycles. The average Bonchev–Trinajstić information content (AvgIpc) is 2.39. The van der Waals surface area contributed by atoms with Crippen molar-refractivity contribution < 1.29 is 8.42 Å². The van der Waals surface area contributed by atoms with E-state index in [4.69, 9.17) is 5.73 Å². The van der Waals surface area contributed by atoms with Gasteiger partial charge in [-0.3, -0.25) is 4.98 Å². The minimum absolute atomic E-state index is 0.00172. The molecule has 0 spiro atoms. The molecule has 7 nitrogen and oxygen atoms in total. The third-order valence-electron chi connectivity index (χ3n) is 2.69. The van der Waals surface area contributed by atoms with E-state index in [0.717, 1.165) is 5.69 Å². The lowest BCUT2D eigenvalue weighted by atomic mass is 10.3. The van der Waals surface area contributed by atoms with Crippen LogP contribution in [0.15, 0.2) is 35.5 Å². The minimum Gasteiger partial charge on any atom is -0.368 e. The second kappa shape index (κ2) is 5.51. The van der Waals surface area contributed by atoms with Gasteiger partial charge in [-0.1, -0.05) is 6.07 Å². The van der Waals surface area contributed by atoms with E-state index < -0.39 is 10.0 Å². The number of aryl methyl sites for hydroxylation is 1. The van der Waals surface area contributed by atoms with Crippen LogP contribution in [0.25, 0.3) is 0 Å². The van der Waals surface area contributed by atoms with Crippen LogP contribution in [0.2, 0.25) is 0 Å². The quantitative estimate of drug-likeness (QED) is 0.884. The average molecular weight is 293 g/mol. The highest BCUT2D eigenvalue weighted by atomic mass is 32.2. The van der Waals surface area contributed by atoms with Crippen molar-refractivity contribution >= 4 is 16.0 Å². The third kappa shape index (κ3) is 3.09. The van der Waals surface area contributed by atoms with Gasteiger partial charge in [0.25, 0.3) is 0 Å². The van der Waals surface area contributed by atoms with Gasteiger partial charge in [0.15, 0.2) is 0 Å². The largest absolute Gasteiger partial charge is 0.368 e. The first-order chi connectivity index (χ1) is 9.39. The molecule has 0 bridgehead atoms. The zero-order valence-electron chi connectivity index (χ0n) is 11.2. The van der Waals surface area contributed by atoms with Crippen LogP contribution in [0, 0.1) is 6.92 Å². The fraction of sp³-hybridized carbons (Fsp3) is 0.250. The SMILES string of the molecule is Cc1cccc(CN(C)S(=O)(=O)c2cnc(N)nc2)n1. The molecule has 0 unspecified atom stereocenters. The van der Waals surface area contributed by atoms with Gasteiger partial charge in [-0.2, -0.15) is 4.31 Å². The van der Waals surface area contributed by atoms with E-state index in [2.05, 4.69) is 15.0 Å². The number of hydrogen-bond acceptors (Lipinski definition) is 6. The summed E-state index contributed by atoms with van der Waals surface area (Å²) in [5.41, 5.74) is 6.86. The Hall–Kier alpha value is -2.06. The molecule has 0 radical (unpaired) electrons. The van der Waals surface area contributed by atoms with E-state index in [1.54, 1.807) is 6.07 Å². The molecule has 106 valence electrons. The van der Waals surface area contributed by atoms with E-state index in [0.29, 0.717) is 5.69 Å². The van der Waals surface area contributed by atoms with Crippen LogP contribution in [-0.2, 0) is 16.6 Å². The highest BCUT2D eigenvalue weighted by Crippen LogP contribution is 2.14. The molecule has 0 aliphatic rings. The predicted molar refractivity (Wildman–Crippen MR) is 74.1 cm³/mol. The lowest BCUT2D eigenvalue weighted by molar-refractivity contribution is 0.461. The fourth-order valence-electron chi connectivity index (χ4n) is 1.64. The van der Waals surface area contributed by atoms with Crippen molar-refractivity contribution in [3.63, 3.8) is 0 Å². The molecule has 0 amide bonds. The van der Waals surface area contributed by atoms with Crippen molar-refractivity contribution in [3.05, 3.63) is 42.0 Å². The highest BCUT2D eigenvalue weighted by molar-refractivity contribution is 7.89. The van der Waals surface area contributed by atoms with Gasteiger partial charge in [-0.15, -0.1) is 0 Å². The van der Waals surface area contributed by atoms with Crippen LogP contribution in [0.3, 0.4) is 0 Å². The Kier molecular flexibility index (Phi) is 3.96. The molecule has 0 saturated carbocycles. The monoisotopic (exact) mass is 293 g/mol. The van der Waals surface area contributed by atoms with Gasteiger partial charge < -0.3 is 5.73 Å². The Morgan fingerprint density at radius 2 is 1.90 bits per heavy atom. The molecule has 2 N–H and O–H groups in total. The maximum atomic E-state index is 12.3. The summed E-state index contributed by atoms with van der Waals surface area (Å²) in [5, 5.41) is 0. The molecule has 0 fully saturated rings. The summed E-state index contributed by atoms with van der Waals surface area (Å²) in [5.74, 6) is 0.0342. The molecule has 2 heterocycles. The molecule has 8 heteroatoms. The van der Waals surface area contributed by atoms with Crippen LogP contribution < -0.4 is 5.73 Å². The maximum absolute atomic E-state index is 12.3. The van der Waals surface area contributed by atoms with E-state index in [9.17, 15) is 8.42 Å². The summed E-state index contributed by atoms with van der Waals surface area (Å²) in [7, 11) is -2.17. The Labute approximate surface area is 117 Å². The summed E-state index contributed by atoms with van der Waals surface area (Å²) >= 11 is 0. The molecule has 20 heavy (non-hydrogen) atoms. The van der Waals surface area contributed by atoms with Gasteiger partial charge in [-0.25, -0.2) is 18.4 Å². The Morgan fingerprint density at radius 1 is 1.25 bits per heavy atom. The lowest BCUT2D eigenvalue weighted by Gasteiger charge is -2.16. The molecule has 2 rings (SSSR count). The normalized spacial score (nSPS) is 11.8. The van der Waals surface area contributed by atoms with Gasteiger partial charge in [0.2, 0.25) is 16.0 Å². The highest BCUT2D eigenvalue weighted by Gasteiger charge is 2.22. The van der Waals surface area contributed by atoms with Crippen LogP contribution in [0.1, 0.15) is 11.4 Å². The summed E-state index contributed by atoms with van der Waals surface area (Å²) in [6.07, 6.45) is 2.38. The van der Waals surface area contributed by atoms with Crippen LogP contribution in [0.4, 0.5) is 5.95 Å². The number of nitrogens with zero attached hydrogens (tertiary/aromatic N) is 4. The number of hydrogen-bond donors (Lipinski definition) is 1. The Balaban J connectivity index is 2.23. The number of anilines is 1. The number of sulfonamides is 1. The summed E-state index contributed by atoms with van der Waals surface area (Å²) in [6.45, 7) is 2.03. The summed E-state index contributed by atoms with van der Waals surface area (Å²) in [6, 6.07) is 5.47. The van der Waals surface area contributed by atoms with Crippen molar-refractivity contribution in [2.45, 2.75) is 18.4 Å². The van der Waals surface area contributed by atoms with Crippen LogP contribution >= 0.6 is 0 Å². The third-order valence-corrected chi connectivity index (χ3v) is 4.44. The van der Waals surface area contributed by atoms with Gasteiger partial charge in [0.05, 0.1) is 24.6 Å². The van der Waals surface area contributed by atoms with Gasteiger partial charge >= 0.3 is 0 Å². The number of aromatic nitrogens is 3. The molecule has 0 aromatic carbocycles. The second-order valence-electron chi connectivity index (χ2n) is 4.31. The van der Waals surface area contributed by atoms with E-state index >= 15 is 0 Å². The zero-order chi connectivity index (χ0) is 14.8. The van der Waals surface area contributed by atoms with Crippen molar-refractivity contribution in [2.75, 3.05) is 12.8 Å². The van der Waals surface area contributed by atoms with Gasteiger partial charge in [0.1, 0.15) is 4.90 Å². The summed E-state index contributed by atoms with van der Waals surface area (Å²) < 4.78 is 25.8. The summed E-state index contributed by atoms with van der Waals surface area (Å²) in [4.78, 5) is 11.7. The topological polar surface area (TPSA) is 102 Å². The molecule has 0 aliphatic carbocycles. The minimum atomic E-state index is -3.65. The van der Waals surface area contributed by atoms with Crippen molar-refractivity contribution in [1.29, 1.82) is 0 Å². The molecule has 0 saturated heterocycles. The molecule has 2 aromatic rings. The first-order valence-electron chi connectivity index (χ1n) is 5.86. The Morgan fingerprint density at radius 3 is 2.50 bits per heavy atom. The number of nitrogen functional groups attached to an aromatic ring is 1. The van der Waals surface area contributed by atoms with Crippen molar-refractivity contribution in [3.8, 4) is 0 Å². The van der Waals surface area contributed by atoms with E-state index in [1.807, 2.05) is 19.1 Å². The number of rotatable bonds is 4. The van der Waals surface area contributed by atoms with Crippen molar-refractivity contribution in [2.24, 2.45) is 0 Å². The zero-order valence-corrected chi connectivity index (χ0v) is 12.0. The lowest BCUT2D eigenvalue weighted by Crippen LogP contribution is -2.27. The fourth-order valence-corrected chi connectivity index (χ4v) is 2.67. The number of pyridine rings is 1. The van der Waals surface area contributed by atoms with Crippen LogP contribution in [-0.4, -0.2) is 34.7 Å². The van der Waals surface area contributed by atoms with Gasteiger partial charge in [-0.05, 0) is 19.1 Å². The van der Waals surface area contributed by atoms with Gasteiger partial charge in [0, 0.05) is 12.7 Å². The van der Waals surface area contributed by atoms with Crippen LogP contribution in [0.5, 0.6) is 0 Å².